The van der Waals surface area contributed by atoms with Gasteiger partial charge in [0.1, 0.15) is 0 Å². The summed E-state index contributed by atoms with van der Waals surface area (Å²) in [7, 11) is 0. The van der Waals surface area contributed by atoms with E-state index in [4.69, 9.17) is 15.1 Å². The van der Waals surface area contributed by atoms with Crippen LogP contribution in [0.5, 0.6) is 5.75 Å². The summed E-state index contributed by atoms with van der Waals surface area (Å²) < 4.78 is 19.1. The molecule has 0 radical (unpaired) electrons. The highest BCUT2D eigenvalue weighted by Gasteiger charge is 2.17. The van der Waals surface area contributed by atoms with E-state index in [0.717, 1.165) is 6.08 Å². The van der Waals surface area contributed by atoms with Gasteiger partial charge in [0.2, 0.25) is 0 Å². The molecule has 4 nitrogen and oxygen atoms in total. The lowest BCUT2D eigenvalue weighted by Crippen LogP contribution is -2.13. The number of ether oxygens (including phenoxy) is 1. The van der Waals surface area contributed by atoms with Crippen LogP contribution in [0.2, 0.25) is 0 Å². The van der Waals surface area contributed by atoms with Crippen molar-refractivity contribution in [1.82, 2.24) is 0 Å². The molecular weight excluding hydrogens is 261 g/mol. The second kappa shape index (κ2) is 6.71. The highest BCUT2D eigenvalue weighted by Crippen LogP contribution is 2.26. The molecule has 0 aromatic heterocycles. The summed E-state index contributed by atoms with van der Waals surface area (Å²) in [6.07, 6.45) is 2.64. The Labute approximate surface area is 117 Å². The smallest absolute Gasteiger partial charge is 0.328 e. The Morgan fingerprint density at radius 3 is 2.85 bits per heavy atom. The SMILES string of the molecule is CC(C)(C#N)CCOc1c(F)cccc1/C=C/C(=O)O. The molecule has 0 fully saturated rings. The third-order valence-electron chi connectivity index (χ3n) is 2.68. The Morgan fingerprint density at radius 1 is 1.55 bits per heavy atom. The number of carbonyl (C=O) groups is 1. The number of nitrogens with zero attached hydrogens (tertiary/aromatic N) is 1. The largest absolute Gasteiger partial charge is 0.490 e. The number of halogens is 1. The average Bonchev–Trinajstić information content (AvgIpc) is 2.38. The summed E-state index contributed by atoms with van der Waals surface area (Å²) in [5.74, 6) is -1.68. The Kier molecular flexibility index (Phi) is 5.27. The van der Waals surface area contributed by atoms with Gasteiger partial charge in [-0.2, -0.15) is 5.26 Å². The van der Waals surface area contributed by atoms with Crippen molar-refractivity contribution in [3.05, 3.63) is 35.7 Å². The van der Waals surface area contributed by atoms with Crippen molar-refractivity contribution in [2.24, 2.45) is 5.41 Å². The Morgan fingerprint density at radius 2 is 2.25 bits per heavy atom. The van der Waals surface area contributed by atoms with Gasteiger partial charge in [0.25, 0.3) is 0 Å². The van der Waals surface area contributed by atoms with Crippen molar-refractivity contribution in [3.8, 4) is 11.8 Å². The first-order valence-electron chi connectivity index (χ1n) is 6.09. The molecule has 0 aliphatic heterocycles. The minimum absolute atomic E-state index is 0.00117. The number of rotatable bonds is 6. The van der Waals surface area contributed by atoms with Crippen molar-refractivity contribution in [2.75, 3.05) is 6.61 Å². The highest BCUT2D eigenvalue weighted by molar-refractivity contribution is 5.85. The summed E-state index contributed by atoms with van der Waals surface area (Å²) >= 11 is 0. The molecular formula is C15H16FNO3. The molecule has 1 aromatic carbocycles. The second-order valence-electron chi connectivity index (χ2n) is 4.92. The third-order valence-corrected chi connectivity index (χ3v) is 2.68. The summed E-state index contributed by atoms with van der Waals surface area (Å²) in [5.41, 5.74) is -0.204. The van der Waals surface area contributed by atoms with E-state index in [2.05, 4.69) is 6.07 Å². The number of hydrogen-bond acceptors (Lipinski definition) is 3. The number of para-hydroxylation sites is 1. The van der Waals surface area contributed by atoms with Gasteiger partial charge in [-0.15, -0.1) is 0 Å². The molecule has 0 heterocycles. The molecule has 5 heteroatoms. The fraction of sp³-hybridized carbons (Fsp3) is 0.333. The molecule has 0 saturated carbocycles. The summed E-state index contributed by atoms with van der Waals surface area (Å²) in [6.45, 7) is 3.71. The molecule has 0 unspecified atom stereocenters. The van der Waals surface area contributed by atoms with Crippen LogP contribution in [-0.2, 0) is 4.79 Å². The fourth-order valence-corrected chi connectivity index (χ4v) is 1.43. The Hall–Kier alpha value is -2.35. The predicted molar refractivity (Wildman–Crippen MR) is 72.6 cm³/mol. The van der Waals surface area contributed by atoms with Gasteiger partial charge in [0, 0.05) is 11.6 Å². The first-order chi connectivity index (χ1) is 9.35. The quantitative estimate of drug-likeness (QED) is 0.810. The summed E-state index contributed by atoms with van der Waals surface area (Å²) in [5, 5.41) is 17.5. The molecule has 20 heavy (non-hydrogen) atoms. The predicted octanol–water partition coefficient (Wildman–Crippen LogP) is 3.24. The summed E-state index contributed by atoms with van der Waals surface area (Å²) in [6, 6.07) is 6.41. The molecule has 0 aliphatic carbocycles. The van der Waals surface area contributed by atoms with E-state index in [1.54, 1.807) is 19.9 Å². The lowest BCUT2D eigenvalue weighted by molar-refractivity contribution is -0.131. The standard InChI is InChI=1S/C15H16FNO3/c1-15(2,10-17)8-9-20-14-11(6-7-13(18)19)4-3-5-12(14)16/h3-7H,8-9H2,1-2H3,(H,18,19)/b7-6+. The van der Waals surface area contributed by atoms with Gasteiger partial charge in [-0.3, -0.25) is 0 Å². The number of carboxylic acid groups (broad SMARTS) is 1. The normalized spacial score (nSPS) is 11.3. The van der Waals surface area contributed by atoms with Gasteiger partial charge in [-0.25, -0.2) is 9.18 Å². The average molecular weight is 277 g/mol. The van der Waals surface area contributed by atoms with Crippen LogP contribution in [0.4, 0.5) is 4.39 Å². The molecule has 106 valence electrons. The minimum atomic E-state index is -1.12. The molecule has 0 aliphatic rings. The van der Waals surface area contributed by atoms with E-state index in [0.29, 0.717) is 12.0 Å². The van der Waals surface area contributed by atoms with E-state index >= 15 is 0 Å². The molecule has 0 amide bonds. The van der Waals surface area contributed by atoms with Crippen LogP contribution >= 0.6 is 0 Å². The van der Waals surface area contributed by atoms with Gasteiger partial charge >= 0.3 is 5.97 Å². The lowest BCUT2D eigenvalue weighted by atomic mass is 9.92. The van der Waals surface area contributed by atoms with Crippen LogP contribution in [0.15, 0.2) is 24.3 Å². The monoisotopic (exact) mass is 277 g/mol. The molecule has 1 aromatic rings. The van der Waals surface area contributed by atoms with Gasteiger partial charge < -0.3 is 9.84 Å². The minimum Gasteiger partial charge on any atom is -0.490 e. The zero-order chi connectivity index (χ0) is 15.2. The van der Waals surface area contributed by atoms with Crippen molar-refractivity contribution in [2.45, 2.75) is 20.3 Å². The van der Waals surface area contributed by atoms with E-state index in [-0.39, 0.29) is 12.4 Å². The summed E-state index contributed by atoms with van der Waals surface area (Å²) in [4.78, 5) is 10.5. The van der Waals surface area contributed by atoms with Gasteiger partial charge in [0.05, 0.1) is 18.1 Å². The number of hydrogen-bond donors (Lipinski definition) is 1. The van der Waals surface area contributed by atoms with Crippen molar-refractivity contribution >= 4 is 12.0 Å². The van der Waals surface area contributed by atoms with Crippen LogP contribution < -0.4 is 4.74 Å². The van der Waals surface area contributed by atoms with Crippen LogP contribution in [-0.4, -0.2) is 17.7 Å². The van der Waals surface area contributed by atoms with Crippen LogP contribution in [0, 0.1) is 22.6 Å². The highest BCUT2D eigenvalue weighted by atomic mass is 19.1. The maximum Gasteiger partial charge on any atom is 0.328 e. The molecule has 0 atom stereocenters. The van der Waals surface area contributed by atoms with Gasteiger partial charge in [0.15, 0.2) is 11.6 Å². The Bertz CT molecular complexity index is 559. The maximum absolute atomic E-state index is 13.7. The van der Waals surface area contributed by atoms with E-state index in [9.17, 15) is 9.18 Å². The molecule has 1 N–H and O–H groups in total. The number of carboxylic acids is 1. The second-order valence-corrected chi connectivity index (χ2v) is 4.92. The van der Waals surface area contributed by atoms with Crippen LogP contribution in [0.1, 0.15) is 25.8 Å². The van der Waals surface area contributed by atoms with Crippen molar-refractivity contribution in [1.29, 1.82) is 5.26 Å². The van der Waals surface area contributed by atoms with Crippen LogP contribution in [0.25, 0.3) is 6.08 Å². The zero-order valence-corrected chi connectivity index (χ0v) is 11.4. The fourth-order valence-electron chi connectivity index (χ4n) is 1.43. The van der Waals surface area contributed by atoms with Crippen molar-refractivity contribution in [3.63, 3.8) is 0 Å². The van der Waals surface area contributed by atoms with E-state index in [1.165, 1.54) is 18.2 Å². The van der Waals surface area contributed by atoms with Gasteiger partial charge in [-0.05, 0) is 32.4 Å². The number of aliphatic carboxylic acids is 1. The first-order valence-corrected chi connectivity index (χ1v) is 6.09. The van der Waals surface area contributed by atoms with E-state index < -0.39 is 17.2 Å². The molecule has 0 bridgehead atoms. The Balaban J connectivity index is 2.84. The molecule has 1 rings (SSSR count). The molecule has 0 saturated heterocycles. The van der Waals surface area contributed by atoms with Crippen LogP contribution in [0.3, 0.4) is 0 Å². The first kappa shape index (κ1) is 15.7. The lowest BCUT2D eigenvalue weighted by Gasteiger charge is -2.16. The topological polar surface area (TPSA) is 70.3 Å². The van der Waals surface area contributed by atoms with Gasteiger partial charge in [-0.1, -0.05) is 12.1 Å². The molecule has 0 spiro atoms. The maximum atomic E-state index is 13.7. The zero-order valence-electron chi connectivity index (χ0n) is 11.4. The number of nitriles is 1. The number of benzene rings is 1. The van der Waals surface area contributed by atoms with E-state index in [1.807, 2.05) is 0 Å². The van der Waals surface area contributed by atoms with Crippen molar-refractivity contribution < 1.29 is 19.0 Å². The third kappa shape index (κ3) is 4.73.